The van der Waals surface area contributed by atoms with Crippen molar-refractivity contribution >= 4 is 56.5 Å². The molecule has 1 aliphatic carbocycles. The van der Waals surface area contributed by atoms with Gasteiger partial charge < -0.3 is 20.7 Å². The predicted molar refractivity (Wildman–Crippen MR) is 149 cm³/mol. The monoisotopic (exact) mass is 556 g/mol. The Labute approximate surface area is 232 Å². The summed E-state index contributed by atoms with van der Waals surface area (Å²) in [5, 5.41) is 9.50. The van der Waals surface area contributed by atoms with Gasteiger partial charge in [0.1, 0.15) is 16.0 Å². The fourth-order valence-corrected chi connectivity index (χ4v) is 6.07. The fraction of sp³-hybridized carbons (Fsp3) is 0.222. The molecule has 0 radical (unpaired) electrons. The normalized spacial score (nSPS) is 17.8. The van der Waals surface area contributed by atoms with Crippen LogP contribution >= 0.6 is 11.3 Å². The van der Waals surface area contributed by atoms with E-state index in [1.807, 2.05) is 0 Å². The Morgan fingerprint density at radius 1 is 1.15 bits per heavy atom. The van der Waals surface area contributed by atoms with E-state index in [1.165, 1.54) is 41.0 Å². The van der Waals surface area contributed by atoms with Crippen molar-refractivity contribution in [2.24, 2.45) is 0 Å². The number of nitrogens with zero attached hydrogens (tertiary/aromatic N) is 5. The summed E-state index contributed by atoms with van der Waals surface area (Å²) in [6.07, 6.45) is 9.66. The van der Waals surface area contributed by atoms with Gasteiger partial charge in [0.25, 0.3) is 5.91 Å². The Hall–Kier alpha value is -4.91. The van der Waals surface area contributed by atoms with Crippen LogP contribution in [0.25, 0.3) is 10.2 Å². The number of nitrogens with one attached hydrogen (secondary N) is 3. The highest BCUT2D eigenvalue weighted by molar-refractivity contribution is 7.21. The molecule has 4 aromatic rings. The third-order valence-electron chi connectivity index (χ3n) is 6.83. The van der Waals surface area contributed by atoms with Crippen LogP contribution in [0.1, 0.15) is 34.6 Å². The zero-order chi connectivity index (χ0) is 27.8. The summed E-state index contributed by atoms with van der Waals surface area (Å²) < 4.78 is 5.73. The lowest BCUT2D eigenvalue weighted by Crippen LogP contribution is -2.48. The lowest BCUT2D eigenvalue weighted by Gasteiger charge is -2.29. The molecule has 0 saturated heterocycles. The number of amides is 4. The van der Waals surface area contributed by atoms with Gasteiger partial charge in [-0.25, -0.2) is 24.7 Å². The molecule has 0 unspecified atom stereocenters. The molecule has 2 aliphatic rings. The third kappa shape index (κ3) is 4.60. The zero-order valence-corrected chi connectivity index (χ0v) is 22.2. The van der Waals surface area contributed by atoms with Gasteiger partial charge in [-0.15, -0.1) is 11.3 Å². The van der Waals surface area contributed by atoms with Crippen LogP contribution in [-0.2, 0) is 4.79 Å². The van der Waals surface area contributed by atoms with E-state index in [1.54, 1.807) is 31.3 Å². The molecule has 5 heterocycles. The van der Waals surface area contributed by atoms with Crippen LogP contribution in [0.2, 0.25) is 0 Å². The number of thiophene rings is 1. The molecule has 6 rings (SSSR count). The number of aryl methyl sites for hydroxylation is 1. The van der Waals surface area contributed by atoms with E-state index in [0.29, 0.717) is 49.5 Å². The van der Waals surface area contributed by atoms with Crippen LogP contribution in [0.3, 0.4) is 0 Å². The molecule has 12 nitrogen and oxygen atoms in total. The minimum absolute atomic E-state index is 0.184. The maximum absolute atomic E-state index is 13.5. The predicted octanol–water partition coefficient (Wildman–Crippen LogP) is 4.22. The minimum atomic E-state index is -0.431. The van der Waals surface area contributed by atoms with Crippen molar-refractivity contribution in [3.8, 4) is 11.6 Å². The number of carbonyl (C=O) groups is 3. The molecule has 1 fully saturated rings. The number of urea groups is 1. The number of pyridine rings is 2. The maximum Gasteiger partial charge on any atom is 0.331 e. The molecule has 202 valence electrons. The first-order valence-corrected chi connectivity index (χ1v) is 13.4. The minimum Gasteiger partial charge on any atom is -0.436 e. The third-order valence-corrected chi connectivity index (χ3v) is 7.93. The summed E-state index contributed by atoms with van der Waals surface area (Å²) in [7, 11) is 0. The van der Waals surface area contributed by atoms with E-state index in [4.69, 9.17) is 4.74 Å². The van der Waals surface area contributed by atoms with Crippen molar-refractivity contribution in [1.29, 1.82) is 0 Å². The molecule has 3 N–H and O–H groups in total. The topological polar surface area (TPSA) is 151 Å². The number of hydrogen-bond acceptors (Lipinski definition) is 9. The SMILES string of the molecule is C=CC(=O)N[C@H]1CCC[C@H]1NC(=O)c1sc2nccc3c2c1NC(=O)N3c1ccc(Oc2cncnc2)nc1C. The fourth-order valence-electron chi connectivity index (χ4n) is 5.05. The Balaban J connectivity index is 1.30. The van der Waals surface area contributed by atoms with Crippen LogP contribution < -0.4 is 25.6 Å². The first kappa shape index (κ1) is 25.4. The molecule has 0 bridgehead atoms. The first-order chi connectivity index (χ1) is 19.4. The van der Waals surface area contributed by atoms with Crippen LogP contribution in [0.4, 0.5) is 21.9 Å². The van der Waals surface area contributed by atoms with Gasteiger partial charge in [0.2, 0.25) is 11.8 Å². The summed E-state index contributed by atoms with van der Waals surface area (Å²) >= 11 is 1.21. The van der Waals surface area contributed by atoms with Gasteiger partial charge in [0.05, 0.1) is 40.5 Å². The Bertz CT molecular complexity index is 1660. The molecule has 0 aromatic carbocycles. The summed E-state index contributed by atoms with van der Waals surface area (Å²) in [5.74, 6) is 0.168. The quantitative estimate of drug-likeness (QED) is 0.286. The van der Waals surface area contributed by atoms with Crippen molar-refractivity contribution < 1.29 is 19.1 Å². The van der Waals surface area contributed by atoms with E-state index < -0.39 is 6.03 Å². The summed E-state index contributed by atoms with van der Waals surface area (Å²) in [5.41, 5.74) is 2.11. The van der Waals surface area contributed by atoms with Gasteiger partial charge in [0.15, 0.2) is 5.75 Å². The second kappa shape index (κ2) is 10.3. The second-order valence-corrected chi connectivity index (χ2v) is 10.3. The number of aromatic nitrogens is 4. The van der Waals surface area contributed by atoms with Gasteiger partial charge >= 0.3 is 6.03 Å². The zero-order valence-electron chi connectivity index (χ0n) is 21.4. The number of rotatable bonds is 7. The van der Waals surface area contributed by atoms with Crippen LogP contribution in [-0.4, -0.2) is 49.9 Å². The average molecular weight is 557 g/mol. The highest BCUT2D eigenvalue weighted by atomic mass is 32.1. The molecule has 4 amide bonds. The lowest BCUT2D eigenvalue weighted by atomic mass is 10.1. The van der Waals surface area contributed by atoms with E-state index in [-0.39, 0.29) is 23.9 Å². The van der Waals surface area contributed by atoms with Crippen molar-refractivity contribution in [3.63, 3.8) is 0 Å². The number of ether oxygens (including phenoxy) is 1. The van der Waals surface area contributed by atoms with Gasteiger partial charge in [-0.05, 0) is 44.4 Å². The van der Waals surface area contributed by atoms with Gasteiger partial charge in [-0.2, -0.15) is 0 Å². The summed E-state index contributed by atoms with van der Waals surface area (Å²) in [6.45, 7) is 5.27. The average Bonchev–Trinajstić information content (AvgIpc) is 3.55. The Morgan fingerprint density at radius 3 is 2.67 bits per heavy atom. The largest absolute Gasteiger partial charge is 0.436 e. The molecule has 40 heavy (non-hydrogen) atoms. The number of hydrogen-bond donors (Lipinski definition) is 3. The standard InChI is InChI=1S/C27H24N8O4S/c1-3-20(36)32-16-5-4-6-17(16)33-25(37)24-23-22-19(9-10-30-26(22)40-24)35(27(38)34-23)18-7-8-21(31-14(18)2)39-15-11-28-13-29-12-15/h3,7-13,16-17H,1,4-6H2,2H3,(H,32,36)(H,33,37)(H,34,38)/t16-,17+/m0/s1. The van der Waals surface area contributed by atoms with Crippen molar-refractivity contribution in [3.05, 3.63) is 66.3 Å². The van der Waals surface area contributed by atoms with Crippen molar-refractivity contribution in [2.45, 2.75) is 38.3 Å². The number of anilines is 3. The number of carbonyl (C=O) groups excluding carboxylic acids is 3. The van der Waals surface area contributed by atoms with E-state index in [2.05, 4.69) is 42.5 Å². The van der Waals surface area contributed by atoms with Crippen molar-refractivity contribution in [2.75, 3.05) is 10.2 Å². The lowest BCUT2D eigenvalue weighted by molar-refractivity contribution is -0.117. The van der Waals surface area contributed by atoms with E-state index >= 15 is 0 Å². The molecule has 1 saturated carbocycles. The van der Waals surface area contributed by atoms with Gasteiger partial charge in [0, 0.05) is 24.3 Å². The van der Waals surface area contributed by atoms with Crippen LogP contribution in [0, 0.1) is 6.92 Å². The molecule has 0 spiro atoms. The molecule has 2 atom stereocenters. The molecule has 4 aromatic heterocycles. The van der Waals surface area contributed by atoms with Gasteiger partial charge in [-0.3, -0.25) is 14.5 Å². The molecular formula is C27H24N8O4S. The van der Waals surface area contributed by atoms with Crippen LogP contribution in [0.15, 0.2) is 55.8 Å². The molecule has 1 aliphatic heterocycles. The second-order valence-electron chi connectivity index (χ2n) is 9.34. The highest BCUT2D eigenvalue weighted by Crippen LogP contribution is 2.46. The van der Waals surface area contributed by atoms with Crippen LogP contribution in [0.5, 0.6) is 11.6 Å². The Morgan fingerprint density at radius 2 is 1.93 bits per heavy atom. The smallest absolute Gasteiger partial charge is 0.331 e. The first-order valence-electron chi connectivity index (χ1n) is 12.6. The molecule has 13 heteroatoms. The highest BCUT2D eigenvalue weighted by Gasteiger charge is 2.35. The van der Waals surface area contributed by atoms with E-state index in [0.717, 1.165) is 19.3 Å². The maximum atomic E-state index is 13.5. The Kier molecular flexibility index (Phi) is 6.56. The van der Waals surface area contributed by atoms with Crippen molar-refractivity contribution in [1.82, 2.24) is 30.6 Å². The van der Waals surface area contributed by atoms with Gasteiger partial charge in [-0.1, -0.05) is 6.58 Å². The summed E-state index contributed by atoms with van der Waals surface area (Å²) in [6, 6.07) is 4.30. The summed E-state index contributed by atoms with van der Waals surface area (Å²) in [4.78, 5) is 58.1. The van der Waals surface area contributed by atoms with E-state index in [9.17, 15) is 14.4 Å². The molecular weight excluding hydrogens is 532 g/mol.